The topological polar surface area (TPSA) is 128 Å². The van der Waals surface area contributed by atoms with Crippen molar-refractivity contribution in [2.75, 3.05) is 22.7 Å². The van der Waals surface area contributed by atoms with Crippen LogP contribution in [0.4, 0.5) is 16.6 Å². The number of aromatic nitrogens is 3. The Morgan fingerprint density at radius 3 is 2.65 bits per heavy atom. The molecule has 0 unspecified atom stereocenters. The van der Waals surface area contributed by atoms with Gasteiger partial charge in [0.05, 0.1) is 22.3 Å². The number of fused-ring (bicyclic) bond motifs is 2. The maximum atomic E-state index is 10.3. The number of aryl methyl sites for hydroxylation is 1. The van der Waals surface area contributed by atoms with Gasteiger partial charge in [0.25, 0.3) is 0 Å². The van der Waals surface area contributed by atoms with E-state index in [-0.39, 0.29) is 18.2 Å². The number of para-hydroxylation sites is 1. The summed E-state index contributed by atoms with van der Waals surface area (Å²) < 4.78 is 2.61. The first kappa shape index (κ1) is 25.4. The minimum Gasteiger partial charge on any atom is -0.383 e. The van der Waals surface area contributed by atoms with Crippen molar-refractivity contribution in [3.05, 3.63) is 101 Å². The Kier molecular flexibility index (Phi) is 6.33. The molecule has 0 atom stereocenters. The normalized spacial score (nSPS) is 12.8. The van der Waals surface area contributed by atoms with Crippen molar-refractivity contribution in [2.45, 2.75) is 13.5 Å². The number of nitrogens with one attached hydrogen (secondary N) is 3. The van der Waals surface area contributed by atoms with Gasteiger partial charge >= 0.3 is 0 Å². The first-order valence-electron chi connectivity index (χ1n) is 12.7. The maximum absolute atomic E-state index is 10.3. The van der Waals surface area contributed by atoms with Gasteiger partial charge in [0, 0.05) is 35.3 Å². The van der Waals surface area contributed by atoms with Crippen LogP contribution in [0.1, 0.15) is 22.3 Å². The van der Waals surface area contributed by atoms with Crippen molar-refractivity contribution < 1.29 is 5.21 Å². The molecule has 9 nitrogen and oxygen atoms in total. The monoisotopic (exact) mass is 548 g/mol. The molecule has 3 aromatic carbocycles. The molecule has 40 heavy (non-hydrogen) atoms. The highest BCUT2D eigenvalue weighted by molar-refractivity contribution is 7.22. The summed E-state index contributed by atoms with van der Waals surface area (Å²) in [5.74, 6) is 0.0270. The molecular formula is C30H28N8OS. The predicted molar refractivity (Wildman–Crippen MR) is 164 cm³/mol. The van der Waals surface area contributed by atoms with Crippen molar-refractivity contribution in [1.82, 2.24) is 14.8 Å². The van der Waals surface area contributed by atoms with Crippen LogP contribution in [0.3, 0.4) is 0 Å². The third kappa shape index (κ3) is 4.19. The summed E-state index contributed by atoms with van der Waals surface area (Å²) in [5.41, 5.74) is 16.7. The van der Waals surface area contributed by atoms with Gasteiger partial charge in [-0.15, -0.1) is 0 Å². The van der Waals surface area contributed by atoms with Crippen molar-refractivity contribution in [2.24, 2.45) is 5.73 Å². The lowest BCUT2D eigenvalue weighted by Gasteiger charge is -2.35. The quantitative estimate of drug-likeness (QED) is 0.0941. The van der Waals surface area contributed by atoms with Crippen molar-refractivity contribution in [1.29, 1.82) is 5.41 Å². The highest BCUT2D eigenvalue weighted by Crippen LogP contribution is 2.40. The van der Waals surface area contributed by atoms with E-state index in [2.05, 4.69) is 64.5 Å². The number of allylic oxidation sites excluding steroid dienone is 1. The summed E-state index contributed by atoms with van der Waals surface area (Å²) in [7, 11) is 1.83. The molecule has 0 amide bonds. The summed E-state index contributed by atoms with van der Waals surface area (Å²) >= 11 is 1.53. The molecule has 5 aromatic rings. The Morgan fingerprint density at radius 1 is 1.12 bits per heavy atom. The van der Waals surface area contributed by atoms with Gasteiger partial charge in [-0.25, -0.2) is 9.67 Å². The van der Waals surface area contributed by atoms with E-state index in [1.807, 2.05) is 49.5 Å². The zero-order valence-corrected chi connectivity index (χ0v) is 22.9. The fraction of sp³-hybridized carbons (Fsp3) is 0.100. The molecule has 6 rings (SSSR count). The van der Waals surface area contributed by atoms with E-state index >= 15 is 0 Å². The van der Waals surface area contributed by atoms with Crippen LogP contribution in [0, 0.1) is 12.3 Å². The number of rotatable bonds is 7. The fourth-order valence-corrected chi connectivity index (χ4v) is 5.99. The standard InChI is InChI=1S/C30H28N8OS/c1-17-8-4-7-11-24(17)38-18(2)22-10-6-5-9-19(22)14-21(38)16-37-29(36-39)26(28(31)32)27(35-37)20-12-13-23-25(15-20)40-30(33-3)34-23/h4-15,36,39H,2,16H2,1,3H3,(H3,31,32)(H,33,34). The second-order valence-electron chi connectivity index (χ2n) is 9.50. The zero-order valence-electron chi connectivity index (χ0n) is 22.1. The van der Waals surface area contributed by atoms with Crippen LogP contribution in [0.15, 0.2) is 79.0 Å². The number of amidine groups is 1. The van der Waals surface area contributed by atoms with Crippen molar-refractivity contribution >= 4 is 55.8 Å². The third-order valence-corrected chi connectivity index (χ3v) is 8.06. The van der Waals surface area contributed by atoms with E-state index < -0.39 is 0 Å². The fourth-order valence-electron chi connectivity index (χ4n) is 5.13. The van der Waals surface area contributed by atoms with Gasteiger partial charge in [0.1, 0.15) is 11.5 Å². The average Bonchev–Trinajstić information content (AvgIpc) is 3.54. The number of anilines is 3. The lowest BCUT2D eigenvalue weighted by Crippen LogP contribution is -2.28. The summed E-state index contributed by atoms with van der Waals surface area (Å²) in [5, 5.41) is 27.4. The molecule has 0 fully saturated rings. The molecule has 200 valence electrons. The molecule has 2 aromatic heterocycles. The Morgan fingerprint density at radius 2 is 1.90 bits per heavy atom. The van der Waals surface area contributed by atoms with Crippen LogP contribution in [0.5, 0.6) is 0 Å². The predicted octanol–water partition coefficient (Wildman–Crippen LogP) is 6.13. The first-order chi connectivity index (χ1) is 19.4. The van der Waals surface area contributed by atoms with E-state index in [4.69, 9.17) is 16.2 Å². The average molecular weight is 549 g/mol. The molecule has 0 bridgehead atoms. The number of nitrogens with two attached hydrogens (primary N) is 1. The van der Waals surface area contributed by atoms with E-state index in [1.54, 1.807) is 4.68 Å². The highest BCUT2D eigenvalue weighted by atomic mass is 32.1. The minimum absolute atomic E-state index is 0.207. The van der Waals surface area contributed by atoms with E-state index in [9.17, 15) is 5.21 Å². The number of nitrogen functional groups attached to an aromatic ring is 1. The molecule has 0 spiro atoms. The summed E-state index contributed by atoms with van der Waals surface area (Å²) in [6, 6.07) is 22.1. The zero-order chi connectivity index (χ0) is 28.0. The van der Waals surface area contributed by atoms with Gasteiger partial charge in [0.2, 0.25) is 0 Å². The second-order valence-corrected chi connectivity index (χ2v) is 10.5. The Labute approximate surface area is 235 Å². The molecule has 0 aliphatic carbocycles. The lowest BCUT2D eigenvalue weighted by atomic mass is 9.97. The van der Waals surface area contributed by atoms with Gasteiger partial charge < -0.3 is 16.0 Å². The first-order valence-corrected chi connectivity index (χ1v) is 13.5. The van der Waals surface area contributed by atoms with Crippen LogP contribution in [0.2, 0.25) is 0 Å². The lowest BCUT2D eigenvalue weighted by molar-refractivity contribution is 0.379. The molecule has 10 heteroatoms. The van der Waals surface area contributed by atoms with Gasteiger partial charge in [-0.1, -0.05) is 66.4 Å². The number of hydrogen-bond donors (Lipinski definition) is 5. The Hall–Kier alpha value is -4.93. The molecular weight excluding hydrogens is 520 g/mol. The van der Waals surface area contributed by atoms with Crippen LogP contribution in [-0.4, -0.2) is 32.9 Å². The van der Waals surface area contributed by atoms with Crippen LogP contribution in [0.25, 0.3) is 33.2 Å². The van der Waals surface area contributed by atoms with Gasteiger partial charge in [-0.3, -0.25) is 16.1 Å². The second kappa shape index (κ2) is 9.99. The molecule has 1 aliphatic heterocycles. The summed E-state index contributed by atoms with van der Waals surface area (Å²) in [4.78, 5) is 6.67. The smallest absolute Gasteiger partial charge is 0.183 e. The SMILES string of the molecule is C=C1c2ccccc2C=C(Cn2nc(-c3ccc4nc(NC)sc4c3)c(C(=N)N)c2NO)N1c1ccccc1C. The van der Waals surface area contributed by atoms with E-state index in [1.165, 1.54) is 11.3 Å². The number of nitrogens with zero attached hydrogens (tertiary/aromatic N) is 4. The molecule has 1 aliphatic rings. The Bertz CT molecular complexity index is 1830. The van der Waals surface area contributed by atoms with E-state index in [0.29, 0.717) is 11.3 Å². The molecule has 0 saturated carbocycles. The van der Waals surface area contributed by atoms with Crippen molar-refractivity contribution in [3.63, 3.8) is 0 Å². The van der Waals surface area contributed by atoms with Crippen molar-refractivity contribution in [3.8, 4) is 11.3 Å². The summed E-state index contributed by atoms with van der Waals surface area (Å²) in [6.45, 7) is 6.79. The Balaban J connectivity index is 1.50. The number of benzene rings is 3. The van der Waals surface area contributed by atoms with Gasteiger partial charge in [0.15, 0.2) is 10.9 Å². The third-order valence-electron chi connectivity index (χ3n) is 7.02. The molecule has 3 heterocycles. The van der Waals surface area contributed by atoms with Gasteiger partial charge in [-0.05, 0) is 42.3 Å². The minimum atomic E-state index is -0.207. The molecule has 6 N–H and O–H groups in total. The number of hydrogen-bond acceptors (Lipinski definition) is 8. The van der Waals surface area contributed by atoms with Gasteiger partial charge in [-0.2, -0.15) is 5.10 Å². The summed E-state index contributed by atoms with van der Waals surface area (Å²) in [6.07, 6.45) is 2.11. The van der Waals surface area contributed by atoms with Crippen LogP contribution < -0.4 is 21.4 Å². The van der Waals surface area contributed by atoms with Crippen LogP contribution in [-0.2, 0) is 6.54 Å². The van der Waals surface area contributed by atoms with E-state index in [0.717, 1.165) is 54.7 Å². The number of thiazole rings is 1. The van der Waals surface area contributed by atoms with Crippen LogP contribution >= 0.6 is 11.3 Å². The maximum Gasteiger partial charge on any atom is 0.183 e. The molecule has 0 saturated heterocycles. The molecule has 0 radical (unpaired) electrons. The largest absolute Gasteiger partial charge is 0.383 e. The highest BCUT2D eigenvalue weighted by Gasteiger charge is 2.28.